The fourth-order valence-electron chi connectivity index (χ4n) is 2.87. The molecule has 1 fully saturated rings. The van der Waals surface area contributed by atoms with Crippen molar-refractivity contribution in [1.82, 2.24) is 14.8 Å². The molecular formula is C15H14F5N5O4. The smallest absolute Gasteiger partial charge is 0.408 e. The van der Waals surface area contributed by atoms with Crippen LogP contribution in [0.15, 0.2) is 24.5 Å². The van der Waals surface area contributed by atoms with Gasteiger partial charge in [-0.15, -0.1) is 0 Å². The minimum Gasteiger partial charge on any atom is -0.427 e. The molecule has 0 N–H and O–H groups in total. The van der Waals surface area contributed by atoms with Gasteiger partial charge in [-0.1, -0.05) is 0 Å². The monoisotopic (exact) mass is 423 g/mol. The Morgan fingerprint density at radius 3 is 2.79 bits per heavy atom. The van der Waals surface area contributed by atoms with Crippen LogP contribution >= 0.6 is 0 Å². The first kappa shape index (κ1) is 20.7. The van der Waals surface area contributed by atoms with Gasteiger partial charge < -0.3 is 14.4 Å². The minimum atomic E-state index is -4.48. The number of nitro benzene ring substituents is 1. The Hall–Kier alpha value is -3.03. The van der Waals surface area contributed by atoms with Crippen molar-refractivity contribution >= 4 is 11.4 Å². The summed E-state index contributed by atoms with van der Waals surface area (Å²) in [5, 5.41) is 14.8. The molecule has 1 saturated heterocycles. The molecule has 0 bridgehead atoms. The maximum atomic E-state index is 12.6. The molecule has 2 aromatic rings. The Morgan fingerprint density at radius 1 is 1.38 bits per heavy atom. The van der Waals surface area contributed by atoms with Crippen molar-refractivity contribution in [3.8, 4) is 5.75 Å². The third-order valence-electron chi connectivity index (χ3n) is 4.01. The van der Waals surface area contributed by atoms with E-state index in [9.17, 15) is 32.1 Å². The van der Waals surface area contributed by atoms with E-state index in [1.165, 1.54) is 6.07 Å². The van der Waals surface area contributed by atoms with Gasteiger partial charge in [-0.2, -0.15) is 27.1 Å². The van der Waals surface area contributed by atoms with Crippen LogP contribution in [-0.4, -0.2) is 52.2 Å². The third-order valence-corrected chi connectivity index (χ3v) is 4.01. The number of rotatable bonds is 6. The molecule has 14 heteroatoms. The molecule has 0 saturated carbocycles. The lowest BCUT2D eigenvalue weighted by Gasteiger charge is -2.35. The maximum Gasteiger partial charge on any atom is 0.408 e. The lowest BCUT2D eigenvalue weighted by molar-refractivity contribution is -0.386. The molecule has 3 rings (SSSR count). The highest BCUT2D eigenvalue weighted by atomic mass is 19.4. The molecule has 1 aliphatic rings. The average molecular weight is 423 g/mol. The highest BCUT2D eigenvalue weighted by molar-refractivity contribution is 5.60. The first-order valence-electron chi connectivity index (χ1n) is 8.18. The maximum absolute atomic E-state index is 12.6. The second-order valence-electron chi connectivity index (χ2n) is 5.99. The van der Waals surface area contributed by atoms with Crippen LogP contribution in [0.2, 0.25) is 0 Å². The summed E-state index contributed by atoms with van der Waals surface area (Å²) in [4.78, 5) is 15.6. The van der Waals surface area contributed by atoms with Gasteiger partial charge in [0.15, 0.2) is 5.82 Å². The summed E-state index contributed by atoms with van der Waals surface area (Å²) in [6.45, 7) is -4.11. The number of benzene rings is 1. The van der Waals surface area contributed by atoms with Gasteiger partial charge in [-0.25, -0.2) is 9.67 Å². The number of hydrogen-bond donors (Lipinski definition) is 0. The molecule has 1 atom stereocenters. The summed E-state index contributed by atoms with van der Waals surface area (Å²) in [5.41, 5.74) is -0.377. The van der Waals surface area contributed by atoms with Crippen LogP contribution in [0.4, 0.5) is 33.3 Å². The first-order chi connectivity index (χ1) is 13.6. The summed E-state index contributed by atoms with van der Waals surface area (Å²) in [6.07, 6.45) is -3.55. The zero-order valence-corrected chi connectivity index (χ0v) is 14.6. The highest BCUT2D eigenvalue weighted by Gasteiger charge is 2.32. The number of anilines is 1. The van der Waals surface area contributed by atoms with Crippen molar-refractivity contribution in [3.63, 3.8) is 0 Å². The van der Waals surface area contributed by atoms with Gasteiger partial charge in [0.1, 0.15) is 18.9 Å². The molecule has 1 aliphatic heterocycles. The second kappa shape index (κ2) is 8.14. The molecule has 9 nitrogen and oxygen atoms in total. The van der Waals surface area contributed by atoms with E-state index < -0.39 is 41.7 Å². The fourth-order valence-corrected chi connectivity index (χ4v) is 2.87. The standard InChI is InChI=1S/C15H14F5N5O4/c16-14(17)29-12-5-9(1-2-10(12)25(26)27)24-3-4-28-6-11(24)13-21-8-23(22-13)7-15(18,19)20/h1-2,5,8,11,14H,3-4,6-7H2. The summed E-state index contributed by atoms with van der Waals surface area (Å²) in [5.74, 6) is -0.605. The molecule has 0 spiro atoms. The van der Waals surface area contributed by atoms with Crippen LogP contribution in [0.25, 0.3) is 0 Å². The van der Waals surface area contributed by atoms with E-state index in [1.807, 2.05) is 0 Å². The number of halogens is 5. The van der Waals surface area contributed by atoms with Gasteiger partial charge in [0.05, 0.1) is 18.1 Å². The molecule has 1 aromatic carbocycles. The van der Waals surface area contributed by atoms with E-state index in [2.05, 4.69) is 14.8 Å². The Bertz CT molecular complexity index is 875. The van der Waals surface area contributed by atoms with Crippen molar-refractivity contribution < 1.29 is 36.3 Å². The molecule has 0 amide bonds. The summed E-state index contributed by atoms with van der Waals surface area (Å²) in [7, 11) is 0. The van der Waals surface area contributed by atoms with E-state index >= 15 is 0 Å². The third kappa shape index (κ3) is 5.07. The number of morpholine rings is 1. The van der Waals surface area contributed by atoms with Crippen LogP contribution in [0.3, 0.4) is 0 Å². The molecule has 2 heterocycles. The Labute approximate surface area is 159 Å². The fraction of sp³-hybridized carbons (Fsp3) is 0.467. The van der Waals surface area contributed by atoms with Crippen molar-refractivity contribution in [3.05, 3.63) is 40.5 Å². The zero-order valence-electron chi connectivity index (χ0n) is 14.6. The van der Waals surface area contributed by atoms with Crippen LogP contribution in [0, 0.1) is 10.1 Å². The molecule has 1 aromatic heterocycles. The molecule has 158 valence electrons. The predicted molar refractivity (Wildman–Crippen MR) is 86.7 cm³/mol. The van der Waals surface area contributed by atoms with Crippen molar-refractivity contribution in [2.45, 2.75) is 25.4 Å². The van der Waals surface area contributed by atoms with E-state index in [4.69, 9.17) is 4.74 Å². The van der Waals surface area contributed by atoms with Gasteiger partial charge in [0.25, 0.3) is 0 Å². The van der Waals surface area contributed by atoms with Gasteiger partial charge in [-0.3, -0.25) is 10.1 Å². The highest BCUT2D eigenvalue weighted by Crippen LogP contribution is 2.36. The minimum absolute atomic E-state index is 0.0258. The molecule has 1 unspecified atom stereocenters. The topological polar surface area (TPSA) is 95.6 Å². The zero-order chi connectivity index (χ0) is 21.2. The van der Waals surface area contributed by atoms with Crippen LogP contribution < -0.4 is 9.64 Å². The van der Waals surface area contributed by atoms with E-state index in [1.54, 1.807) is 4.90 Å². The van der Waals surface area contributed by atoms with Crippen LogP contribution in [-0.2, 0) is 11.3 Å². The Kier molecular flexibility index (Phi) is 5.81. The average Bonchev–Trinajstić information content (AvgIpc) is 3.07. The van der Waals surface area contributed by atoms with E-state index in [0.29, 0.717) is 4.68 Å². The summed E-state index contributed by atoms with van der Waals surface area (Å²) < 4.78 is 73.1. The van der Waals surface area contributed by atoms with Gasteiger partial charge in [-0.05, 0) is 6.07 Å². The van der Waals surface area contributed by atoms with Gasteiger partial charge in [0, 0.05) is 24.4 Å². The molecule has 29 heavy (non-hydrogen) atoms. The van der Waals surface area contributed by atoms with Crippen LogP contribution in [0.5, 0.6) is 5.75 Å². The lowest BCUT2D eigenvalue weighted by Crippen LogP contribution is -2.40. The largest absolute Gasteiger partial charge is 0.427 e. The Morgan fingerprint density at radius 2 is 2.14 bits per heavy atom. The van der Waals surface area contributed by atoms with Crippen molar-refractivity contribution in [2.75, 3.05) is 24.7 Å². The van der Waals surface area contributed by atoms with Gasteiger partial charge >= 0.3 is 18.5 Å². The molecule has 0 aliphatic carbocycles. The van der Waals surface area contributed by atoms with Crippen molar-refractivity contribution in [1.29, 1.82) is 0 Å². The predicted octanol–water partition coefficient (Wildman–Crippen LogP) is 2.93. The summed E-state index contributed by atoms with van der Waals surface area (Å²) in [6, 6.07) is 2.67. The lowest BCUT2D eigenvalue weighted by atomic mass is 10.1. The van der Waals surface area contributed by atoms with Crippen LogP contribution in [0.1, 0.15) is 11.9 Å². The number of alkyl halides is 5. The second-order valence-corrected chi connectivity index (χ2v) is 5.99. The van der Waals surface area contributed by atoms with Crippen molar-refractivity contribution in [2.24, 2.45) is 0 Å². The first-order valence-corrected chi connectivity index (χ1v) is 8.18. The summed E-state index contributed by atoms with van der Waals surface area (Å²) >= 11 is 0. The number of nitro groups is 1. The van der Waals surface area contributed by atoms with E-state index in [-0.39, 0.29) is 31.3 Å². The number of ether oxygens (including phenoxy) is 2. The number of hydrogen-bond acceptors (Lipinski definition) is 7. The SMILES string of the molecule is O=[N+]([O-])c1ccc(N2CCOCC2c2ncn(CC(F)(F)F)n2)cc1OC(F)F. The van der Waals surface area contributed by atoms with E-state index in [0.717, 1.165) is 18.5 Å². The Balaban J connectivity index is 1.91. The number of nitrogens with zero attached hydrogens (tertiary/aromatic N) is 5. The molecular weight excluding hydrogens is 409 g/mol. The molecule has 0 radical (unpaired) electrons. The number of aromatic nitrogens is 3. The quantitative estimate of drug-likeness (QED) is 0.401. The normalized spacial score (nSPS) is 17.6. The van der Waals surface area contributed by atoms with Gasteiger partial charge in [0.2, 0.25) is 5.75 Å².